The summed E-state index contributed by atoms with van der Waals surface area (Å²) in [6.45, 7) is 6.74. The predicted octanol–water partition coefficient (Wildman–Crippen LogP) is -1.05. The maximum Gasteiger partial charge on any atom is 0.278 e. The molecule has 14 heteroatoms. The molecule has 2 saturated heterocycles. The standard InChI is InChI=1S/C17H36N4O8S2/c1-10-7-14(26-5)16(12(3)28-10)20-30(22,23)18-9-19-31(24,25)21-17-13(4)29-11(2)8-15(17)27-6/h10-21H,7-9H2,1-6H3/t10-,11-,12-,13-,14-,15-,16+,17+/m0/s1. The molecular formula is C17H36N4O8S2. The topological polar surface area (TPSA) is 153 Å². The molecule has 2 rings (SSSR count). The average Bonchev–Trinajstić information content (AvgIpc) is 2.65. The molecule has 0 radical (unpaired) electrons. The minimum absolute atomic E-state index is 0.0587. The second-order valence-corrected chi connectivity index (χ2v) is 11.1. The normalized spacial score (nSPS) is 37.6. The van der Waals surface area contributed by atoms with Crippen molar-refractivity contribution < 1.29 is 35.8 Å². The third-order valence-corrected chi connectivity index (χ3v) is 7.76. The van der Waals surface area contributed by atoms with Gasteiger partial charge < -0.3 is 18.9 Å². The van der Waals surface area contributed by atoms with Gasteiger partial charge in [0.15, 0.2) is 0 Å². The first-order valence-corrected chi connectivity index (χ1v) is 13.2. The molecule has 8 atom stereocenters. The maximum atomic E-state index is 12.4. The third kappa shape index (κ3) is 7.84. The van der Waals surface area contributed by atoms with Gasteiger partial charge in [0.1, 0.15) is 0 Å². The van der Waals surface area contributed by atoms with Crippen molar-refractivity contribution in [2.24, 2.45) is 0 Å². The van der Waals surface area contributed by atoms with Crippen LogP contribution in [0, 0.1) is 0 Å². The van der Waals surface area contributed by atoms with Crippen LogP contribution in [0.15, 0.2) is 0 Å². The van der Waals surface area contributed by atoms with Crippen LogP contribution in [0.4, 0.5) is 0 Å². The lowest BCUT2D eigenvalue weighted by Gasteiger charge is -2.39. The first kappa shape index (κ1) is 26.8. The van der Waals surface area contributed by atoms with Crippen molar-refractivity contribution in [1.29, 1.82) is 0 Å². The van der Waals surface area contributed by atoms with E-state index >= 15 is 0 Å². The van der Waals surface area contributed by atoms with Gasteiger partial charge in [0.05, 0.1) is 55.4 Å². The Hall–Kier alpha value is -0.420. The van der Waals surface area contributed by atoms with Crippen molar-refractivity contribution in [3.05, 3.63) is 0 Å². The zero-order chi connectivity index (χ0) is 23.4. The van der Waals surface area contributed by atoms with E-state index in [2.05, 4.69) is 18.9 Å². The van der Waals surface area contributed by atoms with Gasteiger partial charge >= 0.3 is 0 Å². The molecular weight excluding hydrogens is 452 g/mol. The molecule has 184 valence electrons. The molecule has 2 aliphatic rings. The van der Waals surface area contributed by atoms with Crippen LogP contribution in [-0.2, 0) is 39.4 Å². The van der Waals surface area contributed by atoms with E-state index in [-0.39, 0.29) is 24.4 Å². The van der Waals surface area contributed by atoms with Gasteiger partial charge in [0.25, 0.3) is 20.4 Å². The van der Waals surface area contributed by atoms with Crippen LogP contribution in [0.3, 0.4) is 0 Å². The van der Waals surface area contributed by atoms with Gasteiger partial charge in [-0.3, -0.25) is 0 Å². The fourth-order valence-corrected chi connectivity index (χ4v) is 6.24. The van der Waals surface area contributed by atoms with Crippen LogP contribution in [0.1, 0.15) is 40.5 Å². The Morgan fingerprint density at radius 1 is 0.742 bits per heavy atom. The summed E-state index contributed by atoms with van der Waals surface area (Å²) in [5.74, 6) is 0. The van der Waals surface area contributed by atoms with Crippen molar-refractivity contribution in [2.75, 3.05) is 20.9 Å². The molecule has 2 aliphatic heterocycles. The Morgan fingerprint density at radius 3 is 1.42 bits per heavy atom. The van der Waals surface area contributed by atoms with E-state index in [1.165, 1.54) is 14.2 Å². The lowest BCUT2D eigenvalue weighted by molar-refractivity contribution is -0.109. The van der Waals surface area contributed by atoms with E-state index in [9.17, 15) is 16.8 Å². The van der Waals surface area contributed by atoms with E-state index in [1.54, 1.807) is 13.8 Å². The molecule has 4 N–H and O–H groups in total. The van der Waals surface area contributed by atoms with Crippen molar-refractivity contribution in [3.8, 4) is 0 Å². The fourth-order valence-electron chi connectivity index (χ4n) is 4.06. The highest BCUT2D eigenvalue weighted by atomic mass is 32.2. The van der Waals surface area contributed by atoms with E-state index in [1.807, 2.05) is 13.8 Å². The number of nitrogens with one attached hydrogen (secondary N) is 4. The quantitative estimate of drug-likeness (QED) is 0.284. The van der Waals surface area contributed by atoms with Crippen LogP contribution in [0.25, 0.3) is 0 Å². The second kappa shape index (κ2) is 11.1. The van der Waals surface area contributed by atoms with Crippen molar-refractivity contribution in [3.63, 3.8) is 0 Å². The van der Waals surface area contributed by atoms with Crippen molar-refractivity contribution in [1.82, 2.24) is 18.9 Å². The fraction of sp³-hybridized carbons (Fsp3) is 1.00. The van der Waals surface area contributed by atoms with Gasteiger partial charge in [-0.2, -0.15) is 35.7 Å². The number of hydrogen-bond acceptors (Lipinski definition) is 8. The summed E-state index contributed by atoms with van der Waals surface area (Å²) in [7, 11) is -5.04. The Bertz CT molecular complexity index is 717. The molecule has 0 spiro atoms. The average molecular weight is 489 g/mol. The summed E-state index contributed by atoms with van der Waals surface area (Å²) in [4.78, 5) is 0. The lowest BCUT2D eigenvalue weighted by Crippen LogP contribution is -2.60. The smallest absolute Gasteiger partial charge is 0.278 e. The third-order valence-electron chi connectivity index (χ3n) is 5.55. The Labute approximate surface area is 185 Å². The molecule has 31 heavy (non-hydrogen) atoms. The predicted molar refractivity (Wildman–Crippen MR) is 114 cm³/mol. The van der Waals surface area contributed by atoms with Crippen LogP contribution in [-0.4, -0.2) is 86.4 Å². The lowest BCUT2D eigenvalue weighted by atomic mass is 9.97. The second-order valence-electron chi connectivity index (χ2n) is 8.08. The number of rotatable bonds is 10. The highest BCUT2D eigenvalue weighted by Gasteiger charge is 2.39. The van der Waals surface area contributed by atoms with Crippen LogP contribution in [0.2, 0.25) is 0 Å². The monoisotopic (exact) mass is 488 g/mol. The van der Waals surface area contributed by atoms with Crippen molar-refractivity contribution >= 4 is 20.4 Å². The minimum Gasteiger partial charge on any atom is -0.380 e. The highest BCUT2D eigenvalue weighted by molar-refractivity contribution is 7.88. The van der Waals surface area contributed by atoms with E-state index in [4.69, 9.17) is 18.9 Å². The molecule has 0 unspecified atom stereocenters. The molecule has 0 aliphatic carbocycles. The summed E-state index contributed by atoms with van der Waals surface area (Å²) in [5.41, 5.74) is 0. The highest BCUT2D eigenvalue weighted by Crippen LogP contribution is 2.23. The van der Waals surface area contributed by atoms with Crippen LogP contribution in [0.5, 0.6) is 0 Å². The molecule has 0 aromatic heterocycles. The molecule has 0 saturated carbocycles. The van der Waals surface area contributed by atoms with Gasteiger partial charge in [0.2, 0.25) is 0 Å². The molecule has 2 heterocycles. The zero-order valence-corrected chi connectivity index (χ0v) is 20.5. The van der Waals surface area contributed by atoms with Crippen molar-refractivity contribution in [2.45, 2.75) is 89.2 Å². The van der Waals surface area contributed by atoms with Gasteiger partial charge in [-0.25, -0.2) is 0 Å². The van der Waals surface area contributed by atoms with Gasteiger partial charge in [-0.05, 0) is 27.7 Å². The Morgan fingerprint density at radius 2 is 1.10 bits per heavy atom. The summed E-state index contributed by atoms with van der Waals surface area (Å²) in [5, 5.41) is 0. The molecule has 12 nitrogen and oxygen atoms in total. The minimum atomic E-state index is -4.03. The van der Waals surface area contributed by atoms with Crippen LogP contribution >= 0.6 is 0 Å². The SMILES string of the molecule is CO[C@H]1C[C@H](C)O[C@@H](C)[C@H]1NS(=O)(=O)NCNS(=O)(=O)N[C@@H]1[C@H](C)O[C@@H](C)C[C@@H]1OC. The molecule has 0 aromatic rings. The van der Waals surface area contributed by atoms with E-state index in [0.29, 0.717) is 12.8 Å². The summed E-state index contributed by atoms with van der Waals surface area (Å²) >= 11 is 0. The van der Waals surface area contributed by atoms with Gasteiger partial charge in [-0.15, -0.1) is 0 Å². The number of methoxy groups -OCH3 is 2. The molecule has 0 amide bonds. The first-order chi connectivity index (χ1) is 14.4. The largest absolute Gasteiger partial charge is 0.380 e. The Balaban J connectivity index is 1.90. The number of ether oxygens (including phenoxy) is 4. The van der Waals surface area contributed by atoms with Gasteiger partial charge in [0, 0.05) is 27.1 Å². The molecule has 2 fully saturated rings. The maximum absolute atomic E-state index is 12.4. The molecule has 0 bridgehead atoms. The van der Waals surface area contributed by atoms with Crippen LogP contribution < -0.4 is 18.9 Å². The summed E-state index contributed by atoms with van der Waals surface area (Å²) < 4.78 is 81.1. The molecule has 0 aromatic carbocycles. The Kier molecular flexibility index (Phi) is 9.64. The van der Waals surface area contributed by atoms with E-state index in [0.717, 1.165) is 0 Å². The van der Waals surface area contributed by atoms with E-state index < -0.39 is 51.4 Å². The summed E-state index contributed by atoms with van der Waals surface area (Å²) in [6.07, 6.45) is -0.607. The van der Waals surface area contributed by atoms with Gasteiger partial charge in [-0.1, -0.05) is 0 Å². The number of hydrogen-bond donors (Lipinski definition) is 4. The zero-order valence-electron chi connectivity index (χ0n) is 18.8. The first-order valence-electron chi connectivity index (χ1n) is 10.3. The summed E-state index contributed by atoms with van der Waals surface area (Å²) in [6, 6.07) is -1.23.